The lowest BCUT2D eigenvalue weighted by molar-refractivity contribution is 0.669. The molecular formula is C9H13ClN6. The molecule has 16 heavy (non-hydrogen) atoms. The van der Waals surface area contributed by atoms with Crippen LogP contribution in [0.2, 0.25) is 5.15 Å². The van der Waals surface area contributed by atoms with Crippen LogP contribution in [0.5, 0.6) is 0 Å². The Labute approximate surface area is 98.0 Å². The number of aromatic nitrogens is 5. The molecule has 2 N–H and O–H groups in total. The zero-order chi connectivity index (χ0) is 11.7. The summed E-state index contributed by atoms with van der Waals surface area (Å²) in [5, 5.41) is 9.06. The number of aryl methyl sites for hydroxylation is 2. The van der Waals surface area contributed by atoms with Crippen LogP contribution in [0.1, 0.15) is 17.1 Å². The minimum Gasteiger partial charge on any atom is -0.324 e. The average Bonchev–Trinajstić information content (AvgIpc) is 2.80. The van der Waals surface area contributed by atoms with Crippen LogP contribution in [-0.4, -0.2) is 24.5 Å². The summed E-state index contributed by atoms with van der Waals surface area (Å²) in [4.78, 5) is 4.05. The molecule has 2 aromatic rings. The van der Waals surface area contributed by atoms with Gasteiger partial charge >= 0.3 is 0 Å². The predicted octanol–water partition coefficient (Wildman–Crippen LogP) is 0.480. The molecular weight excluding hydrogens is 228 g/mol. The smallest absolute Gasteiger partial charge is 0.164 e. The molecule has 7 heteroatoms. The molecule has 0 bridgehead atoms. The summed E-state index contributed by atoms with van der Waals surface area (Å²) in [6, 6.07) is 0. The van der Waals surface area contributed by atoms with E-state index < -0.39 is 0 Å². The summed E-state index contributed by atoms with van der Waals surface area (Å²) >= 11 is 6.12. The second-order valence-electron chi connectivity index (χ2n) is 3.54. The van der Waals surface area contributed by atoms with Gasteiger partial charge in [-0.05, 0) is 6.92 Å². The second kappa shape index (κ2) is 4.23. The van der Waals surface area contributed by atoms with Gasteiger partial charge in [0.25, 0.3) is 0 Å². The molecule has 2 aromatic heterocycles. The van der Waals surface area contributed by atoms with Crippen molar-refractivity contribution in [3.05, 3.63) is 28.6 Å². The van der Waals surface area contributed by atoms with Crippen molar-refractivity contribution in [2.75, 3.05) is 0 Å². The number of nitrogens with zero attached hydrogens (tertiary/aromatic N) is 5. The first-order valence-electron chi connectivity index (χ1n) is 4.88. The molecule has 0 atom stereocenters. The molecule has 0 saturated heterocycles. The van der Waals surface area contributed by atoms with Gasteiger partial charge in [0.15, 0.2) is 5.82 Å². The molecule has 0 aliphatic carbocycles. The van der Waals surface area contributed by atoms with Crippen molar-refractivity contribution in [3.63, 3.8) is 0 Å². The van der Waals surface area contributed by atoms with E-state index >= 15 is 0 Å². The highest BCUT2D eigenvalue weighted by molar-refractivity contribution is 6.30. The van der Waals surface area contributed by atoms with Crippen LogP contribution in [0.3, 0.4) is 0 Å². The van der Waals surface area contributed by atoms with E-state index in [4.69, 9.17) is 17.3 Å². The molecule has 0 unspecified atom stereocenters. The number of nitrogens with two attached hydrogens (primary N) is 1. The minimum absolute atomic E-state index is 0.340. The Morgan fingerprint density at radius 3 is 2.69 bits per heavy atom. The minimum atomic E-state index is 0.340. The third-order valence-electron chi connectivity index (χ3n) is 2.36. The fourth-order valence-electron chi connectivity index (χ4n) is 1.52. The van der Waals surface area contributed by atoms with E-state index in [-0.39, 0.29) is 0 Å². The first-order chi connectivity index (χ1) is 7.61. The van der Waals surface area contributed by atoms with Crippen molar-refractivity contribution in [3.8, 4) is 0 Å². The first kappa shape index (κ1) is 11.1. The lowest BCUT2D eigenvalue weighted by Gasteiger charge is -2.00. The van der Waals surface area contributed by atoms with Gasteiger partial charge in [0, 0.05) is 12.6 Å². The molecule has 0 fully saturated rings. The maximum absolute atomic E-state index is 6.12. The molecule has 6 nitrogen and oxygen atoms in total. The molecule has 0 amide bonds. The van der Waals surface area contributed by atoms with Crippen LogP contribution in [0.4, 0.5) is 0 Å². The summed E-state index contributed by atoms with van der Waals surface area (Å²) in [6.45, 7) is 2.82. The lowest BCUT2D eigenvalue weighted by atomic mass is 10.3. The average molecular weight is 241 g/mol. The van der Waals surface area contributed by atoms with Crippen molar-refractivity contribution in [2.45, 2.75) is 20.0 Å². The van der Waals surface area contributed by atoms with Gasteiger partial charge in [0.1, 0.15) is 11.5 Å². The molecule has 86 valence electrons. The molecule has 2 rings (SSSR count). The largest absolute Gasteiger partial charge is 0.324 e. The van der Waals surface area contributed by atoms with E-state index in [0.29, 0.717) is 24.1 Å². The molecule has 0 aliphatic heterocycles. The molecule has 2 heterocycles. The third-order valence-corrected chi connectivity index (χ3v) is 2.83. The van der Waals surface area contributed by atoms with Gasteiger partial charge in [-0.1, -0.05) is 11.6 Å². The fourth-order valence-corrected chi connectivity index (χ4v) is 1.75. The predicted molar refractivity (Wildman–Crippen MR) is 60.0 cm³/mol. The Morgan fingerprint density at radius 2 is 2.19 bits per heavy atom. The highest BCUT2D eigenvalue weighted by Crippen LogP contribution is 2.19. The van der Waals surface area contributed by atoms with Crippen LogP contribution in [0.25, 0.3) is 0 Å². The highest BCUT2D eigenvalue weighted by atomic mass is 35.5. The van der Waals surface area contributed by atoms with E-state index in [2.05, 4.69) is 15.2 Å². The van der Waals surface area contributed by atoms with Gasteiger partial charge in [-0.3, -0.25) is 4.68 Å². The molecule has 0 aliphatic rings. The topological polar surface area (TPSA) is 74.5 Å². The standard InChI is InChI=1S/C9H13ClN6/c1-6-7(9(10)15(2)13-6)4-16-5-12-8(3-11)14-16/h5H,3-4,11H2,1-2H3. The van der Waals surface area contributed by atoms with Gasteiger partial charge < -0.3 is 5.73 Å². The van der Waals surface area contributed by atoms with Gasteiger partial charge in [0.2, 0.25) is 0 Å². The Hall–Kier alpha value is -1.40. The zero-order valence-corrected chi connectivity index (χ0v) is 9.94. The SMILES string of the molecule is Cc1nn(C)c(Cl)c1Cn1cnc(CN)n1. The Balaban J connectivity index is 2.26. The third kappa shape index (κ3) is 1.94. The quantitative estimate of drug-likeness (QED) is 0.847. The second-order valence-corrected chi connectivity index (χ2v) is 3.90. The Kier molecular flexibility index (Phi) is 2.93. The highest BCUT2D eigenvalue weighted by Gasteiger charge is 2.12. The number of halogens is 1. The summed E-state index contributed by atoms with van der Waals surface area (Å²) < 4.78 is 3.35. The number of hydrogen-bond donors (Lipinski definition) is 1. The number of hydrogen-bond acceptors (Lipinski definition) is 4. The summed E-state index contributed by atoms with van der Waals surface area (Å²) in [5.74, 6) is 0.623. The van der Waals surface area contributed by atoms with Gasteiger partial charge in [-0.15, -0.1) is 0 Å². The van der Waals surface area contributed by atoms with Gasteiger partial charge in [0.05, 0.1) is 18.8 Å². The molecule has 0 aromatic carbocycles. The van der Waals surface area contributed by atoms with Crippen molar-refractivity contribution >= 4 is 11.6 Å². The van der Waals surface area contributed by atoms with Crippen molar-refractivity contribution in [1.29, 1.82) is 0 Å². The van der Waals surface area contributed by atoms with Crippen LogP contribution in [-0.2, 0) is 20.1 Å². The fraction of sp³-hybridized carbons (Fsp3) is 0.444. The van der Waals surface area contributed by atoms with Crippen molar-refractivity contribution < 1.29 is 0 Å². The van der Waals surface area contributed by atoms with E-state index in [1.807, 2.05) is 14.0 Å². The molecule has 0 spiro atoms. The van der Waals surface area contributed by atoms with Gasteiger partial charge in [-0.2, -0.15) is 10.2 Å². The Bertz CT molecular complexity index is 500. The zero-order valence-electron chi connectivity index (χ0n) is 9.18. The van der Waals surface area contributed by atoms with E-state index in [9.17, 15) is 0 Å². The van der Waals surface area contributed by atoms with Gasteiger partial charge in [-0.25, -0.2) is 9.67 Å². The van der Waals surface area contributed by atoms with Crippen LogP contribution >= 0.6 is 11.6 Å². The normalized spacial score (nSPS) is 11.0. The maximum Gasteiger partial charge on any atom is 0.164 e. The van der Waals surface area contributed by atoms with Crippen LogP contribution in [0.15, 0.2) is 6.33 Å². The van der Waals surface area contributed by atoms with E-state index in [1.165, 1.54) is 0 Å². The summed E-state index contributed by atoms with van der Waals surface area (Å²) in [5.41, 5.74) is 7.30. The first-order valence-corrected chi connectivity index (χ1v) is 5.26. The van der Waals surface area contributed by atoms with Crippen LogP contribution in [0, 0.1) is 6.92 Å². The maximum atomic E-state index is 6.12. The number of rotatable bonds is 3. The van der Waals surface area contributed by atoms with Crippen molar-refractivity contribution in [1.82, 2.24) is 24.5 Å². The van der Waals surface area contributed by atoms with E-state index in [0.717, 1.165) is 11.3 Å². The Morgan fingerprint density at radius 1 is 1.44 bits per heavy atom. The summed E-state index contributed by atoms with van der Waals surface area (Å²) in [7, 11) is 1.81. The van der Waals surface area contributed by atoms with Crippen molar-refractivity contribution in [2.24, 2.45) is 12.8 Å². The molecule has 0 radical (unpaired) electrons. The summed E-state index contributed by atoms with van der Waals surface area (Å²) in [6.07, 6.45) is 1.64. The molecule has 0 saturated carbocycles. The lowest BCUT2D eigenvalue weighted by Crippen LogP contribution is -2.04. The monoisotopic (exact) mass is 240 g/mol. The van der Waals surface area contributed by atoms with E-state index in [1.54, 1.807) is 15.7 Å². The van der Waals surface area contributed by atoms with Crippen LogP contribution < -0.4 is 5.73 Å².